The number of carbonyl (C=O) groups excluding carboxylic acids is 2. The summed E-state index contributed by atoms with van der Waals surface area (Å²) >= 11 is 0. The zero-order valence-corrected chi connectivity index (χ0v) is 19.6. The number of carbonyl (C=O) groups is 2. The monoisotopic (exact) mass is 412 g/mol. The van der Waals surface area contributed by atoms with E-state index in [2.05, 4.69) is 20.8 Å². The molecule has 4 heteroatoms. The molecule has 172 valence electrons. The molecular formula is C25H48O4. The maximum atomic E-state index is 11.7. The summed E-state index contributed by atoms with van der Waals surface area (Å²) in [6.45, 7) is 7.52. The molecular weight excluding hydrogens is 364 g/mol. The molecule has 0 aromatic carbocycles. The van der Waals surface area contributed by atoms with Gasteiger partial charge in [-0.05, 0) is 25.2 Å². The number of hydrogen-bond donors (Lipinski definition) is 0. The zero-order valence-electron chi connectivity index (χ0n) is 19.6. The molecule has 0 aromatic rings. The maximum absolute atomic E-state index is 11.7. The first-order valence-electron chi connectivity index (χ1n) is 12.4. The van der Waals surface area contributed by atoms with Crippen LogP contribution in [0.2, 0.25) is 0 Å². The number of rotatable bonds is 21. The van der Waals surface area contributed by atoms with Crippen molar-refractivity contribution in [1.82, 2.24) is 0 Å². The second-order valence-corrected chi connectivity index (χ2v) is 8.53. The summed E-state index contributed by atoms with van der Waals surface area (Å²) in [6, 6.07) is 0. The summed E-state index contributed by atoms with van der Waals surface area (Å²) in [5.41, 5.74) is 0. The Kier molecular flexibility index (Phi) is 20.9. The van der Waals surface area contributed by atoms with E-state index in [4.69, 9.17) is 9.47 Å². The molecule has 0 aliphatic heterocycles. The highest BCUT2D eigenvalue weighted by atomic mass is 16.5. The van der Waals surface area contributed by atoms with Gasteiger partial charge in [-0.15, -0.1) is 0 Å². The fraction of sp³-hybridized carbons (Fsp3) is 0.920. The third-order valence-electron chi connectivity index (χ3n) is 5.36. The summed E-state index contributed by atoms with van der Waals surface area (Å²) in [7, 11) is 0. The van der Waals surface area contributed by atoms with Crippen molar-refractivity contribution in [2.45, 2.75) is 130 Å². The molecule has 1 atom stereocenters. The van der Waals surface area contributed by atoms with Gasteiger partial charge in [-0.3, -0.25) is 9.59 Å². The van der Waals surface area contributed by atoms with E-state index in [0.717, 1.165) is 44.9 Å². The van der Waals surface area contributed by atoms with Gasteiger partial charge in [-0.1, -0.05) is 97.8 Å². The SMILES string of the molecule is CCCCOC(=O)CCCCCCCCCCCCC(C)CC(=O)OCCCC. The number of ether oxygens (including phenoxy) is 2. The number of unbranched alkanes of at least 4 members (excludes halogenated alkanes) is 11. The molecule has 0 heterocycles. The van der Waals surface area contributed by atoms with Crippen molar-refractivity contribution in [2.75, 3.05) is 13.2 Å². The summed E-state index contributed by atoms with van der Waals surface area (Å²) in [5.74, 6) is 0.383. The standard InChI is InChI=1S/C25H48O4/c1-4-6-20-28-24(26)19-17-15-13-11-9-8-10-12-14-16-18-23(3)22-25(27)29-21-7-5-2/h23H,4-22H2,1-3H3. The summed E-state index contributed by atoms with van der Waals surface area (Å²) in [4.78, 5) is 23.2. The smallest absolute Gasteiger partial charge is 0.306 e. The van der Waals surface area contributed by atoms with E-state index in [-0.39, 0.29) is 11.9 Å². The largest absolute Gasteiger partial charge is 0.466 e. The topological polar surface area (TPSA) is 52.6 Å². The molecule has 0 aromatic heterocycles. The lowest BCUT2D eigenvalue weighted by atomic mass is 9.99. The molecule has 1 unspecified atom stereocenters. The van der Waals surface area contributed by atoms with Crippen molar-refractivity contribution in [2.24, 2.45) is 5.92 Å². The number of hydrogen-bond acceptors (Lipinski definition) is 4. The van der Waals surface area contributed by atoms with Crippen LogP contribution in [-0.2, 0) is 19.1 Å². The van der Waals surface area contributed by atoms with Crippen molar-refractivity contribution in [3.8, 4) is 0 Å². The lowest BCUT2D eigenvalue weighted by Crippen LogP contribution is -2.10. The lowest BCUT2D eigenvalue weighted by molar-refractivity contribution is -0.145. The van der Waals surface area contributed by atoms with Crippen LogP contribution < -0.4 is 0 Å². The van der Waals surface area contributed by atoms with Crippen molar-refractivity contribution in [3.05, 3.63) is 0 Å². The van der Waals surface area contributed by atoms with Crippen LogP contribution in [0.3, 0.4) is 0 Å². The lowest BCUT2D eigenvalue weighted by Gasteiger charge is -2.11. The zero-order chi connectivity index (χ0) is 21.6. The van der Waals surface area contributed by atoms with E-state index in [0.29, 0.717) is 32.0 Å². The van der Waals surface area contributed by atoms with E-state index >= 15 is 0 Å². The molecule has 0 spiro atoms. The van der Waals surface area contributed by atoms with Gasteiger partial charge in [0.25, 0.3) is 0 Å². The third kappa shape index (κ3) is 21.5. The number of esters is 2. The van der Waals surface area contributed by atoms with E-state index in [9.17, 15) is 9.59 Å². The first-order chi connectivity index (χ1) is 14.1. The summed E-state index contributed by atoms with van der Waals surface area (Å²) in [6.07, 6.45) is 18.7. The van der Waals surface area contributed by atoms with Crippen LogP contribution in [0.4, 0.5) is 0 Å². The van der Waals surface area contributed by atoms with Gasteiger partial charge in [-0.25, -0.2) is 0 Å². The van der Waals surface area contributed by atoms with Gasteiger partial charge in [0.15, 0.2) is 0 Å². The van der Waals surface area contributed by atoms with E-state index in [1.54, 1.807) is 0 Å². The predicted octanol–water partition coefficient (Wildman–Crippen LogP) is 7.38. The Hall–Kier alpha value is -1.06. The highest BCUT2D eigenvalue weighted by Crippen LogP contribution is 2.16. The second-order valence-electron chi connectivity index (χ2n) is 8.53. The Balaban J connectivity index is 3.29. The summed E-state index contributed by atoms with van der Waals surface area (Å²) in [5, 5.41) is 0. The highest BCUT2D eigenvalue weighted by molar-refractivity contribution is 5.69. The average molecular weight is 413 g/mol. The highest BCUT2D eigenvalue weighted by Gasteiger charge is 2.09. The van der Waals surface area contributed by atoms with Crippen molar-refractivity contribution in [3.63, 3.8) is 0 Å². The molecule has 29 heavy (non-hydrogen) atoms. The van der Waals surface area contributed by atoms with Crippen molar-refractivity contribution < 1.29 is 19.1 Å². The Morgan fingerprint density at radius 3 is 1.59 bits per heavy atom. The molecule has 4 nitrogen and oxygen atoms in total. The minimum absolute atomic E-state index is 0.0267. The minimum Gasteiger partial charge on any atom is -0.466 e. The first kappa shape index (κ1) is 27.9. The quantitative estimate of drug-likeness (QED) is 0.146. The van der Waals surface area contributed by atoms with Crippen LogP contribution in [0.15, 0.2) is 0 Å². The Morgan fingerprint density at radius 2 is 1.07 bits per heavy atom. The minimum atomic E-state index is -0.0284. The Morgan fingerprint density at radius 1 is 0.621 bits per heavy atom. The van der Waals surface area contributed by atoms with E-state index in [1.165, 1.54) is 51.4 Å². The molecule has 0 saturated carbocycles. The van der Waals surface area contributed by atoms with Crippen LogP contribution in [-0.4, -0.2) is 25.2 Å². The Bertz CT molecular complexity index is 381. The summed E-state index contributed by atoms with van der Waals surface area (Å²) < 4.78 is 10.4. The van der Waals surface area contributed by atoms with Crippen molar-refractivity contribution in [1.29, 1.82) is 0 Å². The molecule has 0 fully saturated rings. The van der Waals surface area contributed by atoms with Crippen molar-refractivity contribution >= 4 is 11.9 Å². The third-order valence-corrected chi connectivity index (χ3v) is 5.36. The molecule has 0 aliphatic rings. The molecule has 0 rings (SSSR count). The van der Waals surface area contributed by atoms with Crippen LogP contribution in [0, 0.1) is 5.92 Å². The van der Waals surface area contributed by atoms with Crippen LogP contribution in [0.5, 0.6) is 0 Å². The normalized spacial score (nSPS) is 12.0. The molecule has 0 bridgehead atoms. The van der Waals surface area contributed by atoms with Crippen LogP contribution >= 0.6 is 0 Å². The molecule has 0 amide bonds. The fourth-order valence-corrected chi connectivity index (χ4v) is 3.35. The van der Waals surface area contributed by atoms with Gasteiger partial charge in [-0.2, -0.15) is 0 Å². The molecule has 0 N–H and O–H groups in total. The van der Waals surface area contributed by atoms with Gasteiger partial charge in [0.1, 0.15) is 0 Å². The van der Waals surface area contributed by atoms with Gasteiger partial charge >= 0.3 is 11.9 Å². The van der Waals surface area contributed by atoms with Gasteiger partial charge in [0, 0.05) is 12.8 Å². The van der Waals surface area contributed by atoms with E-state index < -0.39 is 0 Å². The predicted molar refractivity (Wildman–Crippen MR) is 121 cm³/mol. The maximum Gasteiger partial charge on any atom is 0.306 e. The first-order valence-corrected chi connectivity index (χ1v) is 12.4. The molecule has 0 saturated heterocycles. The fourth-order valence-electron chi connectivity index (χ4n) is 3.35. The second kappa shape index (κ2) is 21.6. The van der Waals surface area contributed by atoms with Crippen LogP contribution in [0.25, 0.3) is 0 Å². The Labute approximate surface area is 180 Å². The van der Waals surface area contributed by atoms with Gasteiger partial charge in [0.05, 0.1) is 13.2 Å². The van der Waals surface area contributed by atoms with E-state index in [1.807, 2.05) is 0 Å². The average Bonchev–Trinajstić information content (AvgIpc) is 2.69. The van der Waals surface area contributed by atoms with Gasteiger partial charge in [0.2, 0.25) is 0 Å². The molecule has 0 aliphatic carbocycles. The van der Waals surface area contributed by atoms with Gasteiger partial charge < -0.3 is 9.47 Å². The molecule has 0 radical (unpaired) electrons. The van der Waals surface area contributed by atoms with Crippen LogP contribution in [0.1, 0.15) is 130 Å².